The molecular weight excluding hydrogens is 319 g/mol. The van der Waals surface area contributed by atoms with E-state index in [1.807, 2.05) is 20.8 Å². The van der Waals surface area contributed by atoms with Crippen LogP contribution in [0.25, 0.3) is 0 Å². The molecule has 0 saturated heterocycles. The van der Waals surface area contributed by atoms with Gasteiger partial charge < -0.3 is 4.74 Å². The molecule has 0 heterocycles. The summed E-state index contributed by atoms with van der Waals surface area (Å²) in [5.74, 6) is 0.707. The summed E-state index contributed by atoms with van der Waals surface area (Å²) in [6, 6.07) is 9.02. The summed E-state index contributed by atoms with van der Waals surface area (Å²) in [5, 5.41) is 0.839. The van der Waals surface area contributed by atoms with Crippen LogP contribution < -0.4 is 4.74 Å². The SMILES string of the molecule is Cc1cc(F)ccc1COc1c(C)cc(CBr)cc1C. The smallest absolute Gasteiger partial charge is 0.125 e. The molecule has 2 aromatic carbocycles. The van der Waals surface area contributed by atoms with Gasteiger partial charge in [-0.1, -0.05) is 34.1 Å². The molecule has 0 aliphatic carbocycles. The normalized spacial score (nSPS) is 10.7. The number of hydrogen-bond donors (Lipinski definition) is 0. The van der Waals surface area contributed by atoms with Gasteiger partial charge in [0.1, 0.15) is 18.2 Å². The third-order valence-corrected chi connectivity index (χ3v) is 4.00. The Balaban J connectivity index is 2.19. The van der Waals surface area contributed by atoms with Gasteiger partial charge in [0, 0.05) is 5.33 Å². The molecule has 2 aromatic rings. The minimum atomic E-state index is -0.208. The first-order valence-corrected chi connectivity index (χ1v) is 7.67. The van der Waals surface area contributed by atoms with Crippen LogP contribution in [0.1, 0.15) is 27.8 Å². The number of halogens is 2. The number of hydrogen-bond acceptors (Lipinski definition) is 1. The van der Waals surface area contributed by atoms with E-state index in [-0.39, 0.29) is 5.82 Å². The highest BCUT2D eigenvalue weighted by Gasteiger charge is 2.08. The Bertz CT molecular complexity index is 599. The summed E-state index contributed by atoms with van der Waals surface area (Å²) >= 11 is 3.47. The summed E-state index contributed by atoms with van der Waals surface area (Å²) in [5.41, 5.74) is 5.41. The molecule has 0 N–H and O–H groups in total. The molecule has 0 aliphatic heterocycles. The highest BCUT2D eigenvalue weighted by Crippen LogP contribution is 2.27. The first-order valence-electron chi connectivity index (χ1n) is 6.55. The molecule has 20 heavy (non-hydrogen) atoms. The molecule has 2 rings (SSSR count). The fourth-order valence-electron chi connectivity index (χ4n) is 2.32. The van der Waals surface area contributed by atoms with E-state index < -0.39 is 0 Å². The highest BCUT2D eigenvalue weighted by molar-refractivity contribution is 9.08. The van der Waals surface area contributed by atoms with Crippen LogP contribution >= 0.6 is 15.9 Å². The van der Waals surface area contributed by atoms with Crippen LogP contribution in [0.15, 0.2) is 30.3 Å². The van der Waals surface area contributed by atoms with Crippen LogP contribution in [0.5, 0.6) is 5.75 Å². The van der Waals surface area contributed by atoms with Crippen molar-refractivity contribution >= 4 is 15.9 Å². The van der Waals surface area contributed by atoms with E-state index >= 15 is 0 Å². The van der Waals surface area contributed by atoms with Crippen LogP contribution in [0.4, 0.5) is 4.39 Å². The van der Waals surface area contributed by atoms with Crippen molar-refractivity contribution in [1.29, 1.82) is 0 Å². The maximum Gasteiger partial charge on any atom is 0.125 e. The van der Waals surface area contributed by atoms with Crippen molar-refractivity contribution in [1.82, 2.24) is 0 Å². The molecule has 0 atom stereocenters. The average molecular weight is 337 g/mol. The van der Waals surface area contributed by atoms with Gasteiger partial charge in [-0.2, -0.15) is 0 Å². The number of rotatable bonds is 4. The summed E-state index contributed by atoms with van der Waals surface area (Å²) in [7, 11) is 0. The molecule has 0 unspecified atom stereocenters. The molecule has 0 bridgehead atoms. The Kier molecular flexibility index (Phi) is 4.81. The number of aryl methyl sites for hydroxylation is 3. The zero-order valence-electron chi connectivity index (χ0n) is 12.0. The van der Waals surface area contributed by atoms with Crippen molar-refractivity contribution in [3.05, 3.63) is 64.0 Å². The Morgan fingerprint density at radius 1 is 1.00 bits per heavy atom. The van der Waals surface area contributed by atoms with Gasteiger partial charge in [0.05, 0.1) is 0 Å². The Morgan fingerprint density at radius 2 is 1.65 bits per heavy atom. The van der Waals surface area contributed by atoms with Crippen molar-refractivity contribution < 1.29 is 9.13 Å². The molecule has 0 aliphatic rings. The van der Waals surface area contributed by atoms with Gasteiger partial charge in [-0.15, -0.1) is 0 Å². The lowest BCUT2D eigenvalue weighted by molar-refractivity contribution is 0.301. The summed E-state index contributed by atoms with van der Waals surface area (Å²) in [4.78, 5) is 0. The van der Waals surface area contributed by atoms with E-state index in [4.69, 9.17) is 4.74 Å². The zero-order chi connectivity index (χ0) is 14.7. The van der Waals surface area contributed by atoms with Gasteiger partial charge in [-0.05, 0) is 60.7 Å². The second-order valence-electron chi connectivity index (χ2n) is 5.05. The van der Waals surface area contributed by atoms with Gasteiger partial charge >= 0.3 is 0 Å². The molecule has 0 radical (unpaired) electrons. The molecule has 0 amide bonds. The highest BCUT2D eigenvalue weighted by atomic mass is 79.9. The van der Waals surface area contributed by atoms with Crippen LogP contribution in [-0.2, 0) is 11.9 Å². The Hall–Kier alpha value is -1.35. The van der Waals surface area contributed by atoms with Crippen LogP contribution in [-0.4, -0.2) is 0 Å². The largest absolute Gasteiger partial charge is 0.488 e. The van der Waals surface area contributed by atoms with Gasteiger partial charge in [-0.3, -0.25) is 0 Å². The van der Waals surface area contributed by atoms with Gasteiger partial charge in [-0.25, -0.2) is 4.39 Å². The minimum Gasteiger partial charge on any atom is -0.488 e. The van der Waals surface area contributed by atoms with E-state index in [0.717, 1.165) is 33.3 Å². The third-order valence-electron chi connectivity index (χ3n) is 3.35. The first kappa shape index (κ1) is 15.0. The topological polar surface area (TPSA) is 9.23 Å². The number of benzene rings is 2. The lowest BCUT2D eigenvalue weighted by Crippen LogP contribution is -2.01. The lowest BCUT2D eigenvalue weighted by Gasteiger charge is -2.14. The second kappa shape index (κ2) is 6.40. The molecule has 3 heteroatoms. The molecule has 0 spiro atoms. The number of ether oxygens (including phenoxy) is 1. The van der Waals surface area contributed by atoms with Crippen molar-refractivity contribution in [2.45, 2.75) is 32.7 Å². The Morgan fingerprint density at radius 3 is 2.20 bits per heavy atom. The van der Waals surface area contributed by atoms with Crippen molar-refractivity contribution in [3.8, 4) is 5.75 Å². The van der Waals surface area contributed by atoms with Gasteiger partial charge in [0.15, 0.2) is 0 Å². The van der Waals surface area contributed by atoms with Crippen molar-refractivity contribution in [2.24, 2.45) is 0 Å². The zero-order valence-corrected chi connectivity index (χ0v) is 13.6. The Labute approximate surface area is 127 Å². The maximum absolute atomic E-state index is 13.1. The van der Waals surface area contributed by atoms with E-state index in [1.165, 1.54) is 17.7 Å². The molecular formula is C17H18BrFO. The monoisotopic (exact) mass is 336 g/mol. The summed E-state index contributed by atoms with van der Waals surface area (Å²) in [6.45, 7) is 6.45. The predicted octanol–water partition coefficient (Wildman–Crippen LogP) is 5.22. The van der Waals surface area contributed by atoms with Gasteiger partial charge in [0.25, 0.3) is 0 Å². The maximum atomic E-state index is 13.1. The van der Waals surface area contributed by atoms with Crippen LogP contribution in [0, 0.1) is 26.6 Å². The quantitative estimate of drug-likeness (QED) is 0.695. The van der Waals surface area contributed by atoms with E-state index in [1.54, 1.807) is 6.07 Å². The van der Waals surface area contributed by atoms with E-state index in [9.17, 15) is 4.39 Å². The molecule has 1 nitrogen and oxygen atoms in total. The van der Waals surface area contributed by atoms with Crippen LogP contribution in [0.3, 0.4) is 0 Å². The predicted molar refractivity (Wildman–Crippen MR) is 84.0 cm³/mol. The van der Waals surface area contributed by atoms with Crippen LogP contribution in [0.2, 0.25) is 0 Å². The fraction of sp³-hybridized carbons (Fsp3) is 0.294. The fourth-order valence-corrected chi connectivity index (χ4v) is 2.64. The minimum absolute atomic E-state index is 0.208. The summed E-state index contributed by atoms with van der Waals surface area (Å²) in [6.07, 6.45) is 0. The van der Waals surface area contributed by atoms with Crippen molar-refractivity contribution in [3.63, 3.8) is 0 Å². The second-order valence-corrected chi connectivity index (χ2v) is 5.61. The third kappa shape index (κ3) is 3.40. The van der Waals surface area contributed by atoms with Crippen molar-refractivity contribution in [2.75, 3.05) is 0 Å². The van der Waals surface area contributed by atoms with E-state index in [2.05, 4.69) is 28.1 Å². The lowest BCUT2D eigenvalue weighted by atomic mass is 10.1. The molecule has 106 valence electrons. The average Bonchev–Trinajstić information content (AvgIpc) is 2.39. The molecule has 0 aromatic heterocycles. The number of alkyl halides is 1. The summed E-state index contributed by atoms with van der Waals surface area (Å²) < 4.78 is 19.0. The standard InChI is InChI=1S/C17H18BrFO/c1-11-8-16(19)5-4-15(11)10-20-17-12(2)6-14(9-18)7-13(17)3/h4-8H,9-10H2,1-3H3. The molecule has 0 fully saturated rings. The van der Waals surface area contributed by atoms with Gasteiger partial charge in [0.2, 0.25) is 0 Å². The van der Waals surface area contributed by atoms with E-state index in [0.29, 0.717) is 6.61 Å². The molecule has 0 saturated carbocycles. The first-order chi connectivity index (χ1) is 9.51.